The topological polar surface area (TPSA) is 42.2 Å². The van der Waals surface area contributed by atoms with Crippen LogP contribution in [0, 0.1) is 0 Å². The molecule has 0 fully saturated rings. The van der Waals surface area contributed by atoms with Crippen LogP contribution in [0.4, 0.5) is 0 Å². The summed E-state index contributed by atoms with van der Waals surface area (Å²) in [5.74, 6) is 0. The summed E-state index contributed by atoms with van der Waals surface area (Å²) in [6, 6.07) is 8.96. The van der Waals surface area contributed by atoms with E-state index in [4.69, 9.17) is 0 Å². The lowest BCUT2D eigenvalue weighted by Gasteiger charge is -2.11. The van der Waals surface area contributed by atoms with E-state index in [1.54, 1.807) is 19.2 Å². The smallest absolute Gasteiger partial charge is 0.189 e. The van der Waals surface area contributed by atoms with Crippen molar-refractivity contribution < 1.29 is 5.11 Å². The molecule has 78 valence electrons. The quantitative estimate of drug-likeness (QED) is 0.801. The highest BCUT2D eigenvalue weighted by molar-refractivity contribution is 5.78. The second-order valence-electron chi connectivity index (χ2n) is 3.70. The van der Waals surface area contributed by atoms with Gasteiger partial charge in [0.05, 0.1) is 11.6 Å². The van der Waals surface area contributed by atoms with Gasteiger partial charge in [0.1, 0.15) is 0 Å². The summed E-state index contributed by atoms with van der Waals surface area (Å²) in [4.78, 5) is 11.5. The Balaban J connectivity index is 2.66. The van der Waals surface area contributed by atoms with Gasteiger partial charge in [-0.25, -0.2) is 0 Å². The highest BCUT2D eigenvalue weighted by atomic mass is 16.3. The molecule has 1 atom stereocenters. The molecule has 0 saturated heterocycles. The molecule has 0 amide bonds. The predicted molar refractivity (Wildman–Crippen MR) is 59.9 cm³/mol. The van der Waals surface area contributed by atoms with Gasteiger partial charge in [-0.2, -0.15) is 0 Å². The second kappa shape index (κ2) is 3.87. The number of hydrogen-bond acceptors (Lipinski definition) is 2. The summed E-state index contributed by atoms with van der Waals surface area (Å²) in [7, 11) is 0. The molecule has 0 aliphatic heterocycles. The third-order valence-corrected chi connectivity index (χ3v) is 2.35. The highest BCUT2D eigenvalue weighted by Crippen LogP contribution is 2.09. The van der Waals surface area contributed by atoms with E-state index in [9.17, 15) is 9.90 Å². The van der Waals surface area contributed by atoms with Crippen LogP contribution < -0.4 is 5.43 Å². The van der Waals surface area contributed by atoms with Gasteiger partial charge in [0.25, 0.3) is 0 Å². The van der Waals surface area contributed by atoms with Crippen LogP contribution in [0.1, 0.15) is 6.92 Å². The standard InChI is InChI=1S/C12H13NO2/c1-9(14)8-13-7-6-12(15)10-4-2-3-5-11(10)13/h2-7,9,14H,8H2,1H3/t9-/m1/s1. The van der Waals surface area contributed by atoms with Gasteiger partial charge in [-0.15, -0.1) is 0 Å². The number of rotatable bonds is 2. The third-order valence-electron chi connectivity index (χ3n) is 2.35. The van der Waals surface area contributed by atoms with Crippen LogP contribution in [0.15, 0.2) is 41.3 Å². The van der Waals surface area contributed by atoms with Crippen molar-refractivity contribution >= 4 is 10.9 Å². The molecule has 0 aliphatic rings. The largest absolute Gasteiger partial charge is 0.392 e. The highest BCUT2D eigenvalue weighted by Gasteiger charge is 2.03. The van der Waals surface area contributed by atoms with E-state index in [2.05, 4.69) is 0 Å². The molecule has 1 aromatic carbocycles. The van der Waals surface area contributed by atoms with Crippen molar-refractivity contribution in [2.24, 2.45) is 0 Å². The minimum absolute atomic E-state index is 0.0208. The van der Waals surface area contributed by atoms with Crippen LogP contribution >= 0.6 is 0 Å². The molecule has 0 saturated carbocycles. The normalized spacial score (nSPS) is 12.9. The zero-order valence-corrected chi connectivity index (χ0v) is 8.55. The maximum atomic E-state index is 11.5. The number of pyridine rings is 1. The summed E-state index contributed by atoms with van der Waals surface area (Å²) < 4.78 is 1.89. The number of benzene rings is 1. The van der Waals surface area contributed by atoms with Crippen LogP contribution in [0.25, 0.3) is 10.9 Å². The van der Waals surface area contributed by atoms with Gasteiger partial charge < -0.3 is 9.67 Å². The van der Waals surface area contributed by atoms with Crippen molar-refractivity contribution in [1.29, 1.82) is 0 Å². The molecule has 1 heterocycles. The van der Waals surface area contributed by atoms with Crippen LogP contribution in [0.2, 0.25) is 0 Å². The number of aliphatic hydroxyl groups is 1. The minimum Gasteiger partial charge on any atom is -0.392 e. The van der Waals surface area contributed by atoms with E-state index < -0.39 is 6.10 Å². The molecule has 0 bridgehead atoms. The molecule has 2 rings (SSSR count). The number of aromatic nitrogens is 1. The number of hydrogen-bond donors (Lipinski definition) is 1. The summed E-state index contributed by atoms with van der Waals surface area (Å²) in [5.41, 5.74) is 0.887. The first-order chi connectivity index (χ1) is 7.18. The van der Waals surface area contributed by atoms with Gasteiger partial charge >= 0.3 is 0 Å². The van der Waals surface area contributed by atoms with Gasteiger partial charge in [-0.1, -0.05) is 12.1 Å². The Morgan fingerprint density at radius 2 is 2.07 bits per heavy atom. The monoisotopic (exact) mass is 203 g/mol. The molecule has 3 nitrogen and oxygen atoms in total. The molecule has 2 aromatic rings. The molecule has 0 unspecified atom stereocenters. The molecule has 3 heteroatoms. The number of aliphatic hydroxyl groups excluding tert-OH is 1. The molecule has 15 heavy (non-hydrogen) atoms. The van der Waals surface area contributed by atoms with Crippen LogP contribution in [0.5, 0.6) is 0 Å². The maximum absolute atomic E-state index is 11.5. The Kier molecular flexibility index (Phi) is 2.56. The lowest BCUT2D eigenvalue weighted by atomic mass is 10.2. The first-order valence-corrected chi connectivity index (χ1v) is 4.95. The Morgan fingerprint density at radius 3 is 2.80 bits per heavy atom. The van der Waals surface area contributed by atoms with E-state index in [0.717, 1.165) is 5.52 Å². The lowest BCUT2D eigenvalue weighted by molar-refractivity contribution is 0.175. The summed E-state index contributed by atoms with van der Waals surface area (Å²) >= 11 is 0. The molecular formula is C12H13NO2. The van der Waals surface area contributed by atoms with E-state index in [0.29, 0.717) is 11.9 Å². The number of fused-ring (bicyclic) bond motifs is 1. The Bertz CT molecular complexity index is 528. The molecule has 0 radical (unpaired) electrons. The van der Waals surface area contributed by atoms with Crippen LogP contribution in [-0.2, 0) is 6.54 Å². The van der Waals surface area contributed by atoms with E-state index in [-0.39, 0.29) is 5.43 Å². The maximum Gasteiger partial charge on any atom is 0.189 e. The molecule has 0 aliphatic carbocycles. The van der Waals surface area contributed by atoms with E-state index in [1.165, 1.54) is 6.07 Å². The molecular weight excluding hydrogens is 190 g/mol. The number of para-hydroxylation sites is 1. The molecule has 1 N–H and O–H groups in total. The van der Waals surface area contributed by atoms with Gasteiger partial charge in [0, 0.05) is 24.2 Å². The summed E-state index contributed by atoms with van der Waals surface area (Å²) in [5, 5.41) is 10.0. The SMILES string of the molecule is C[C@@H](O)Cn1ccc(=O)c2ccccc21. The Labute approximate surface area is 87.6 Å². The molecule has 0 spiro atoms. The fraction of sp³-hybridized carbons (Fsp3) is 0.250. The van der Waals surface area contributed by atoms with Gasteiger partial charge in [0.15, 0.2) is 5.43 Å². The summed E-state index contributed by atoms with van der Waals surface area (Å²) in [6.07, 6.45) is 1.30. The lowest BCUT2D eigenvalue weighted by Crippen LogP contribution is -2.15. The second-order valence-corrected chi connectivity index (χ2v) is 3.70. The first-order valence-electron chi connectivity index (χ1n) is 4.95. The number of nitrogens with zero attached hydrogens (tertiary/aromatic N) is 1. The first kappa shape index (κ1) is 9.93. The van der Waals surface area contributed by atoms with Crippen molar-refractivity contribution in [3.8, 4) is 0 Å². The van der Waals surface area contributed by atoms with Gasteiger partial charge in [-0.3, -0.25) is 4.79 Å². The predicted octanol–water partition coefficient (Wildman–Crippen LogP) is 1.38. The van der Waals surface area contributed by atoms with Crippen molar-refractivity contribution in [3.63, 3.8) is 0 Å². The average molecular weight is 203 g/mol. The average Bonchev–Trinajstić information content (AvgIpc) is 2.22. The van der Waals surface area contributed by atoms with Crippen molar-refractivity contribution in [3.05, 3.63) is 46.8 Å². The Hall–Kier alpha value is -1.61. The fourth-order valence-corrected chi connectivity index (χ4v) is 1.70. The van der Waals surface area contributed by atoms with Gasteiger partial charge in [-0.05, 0) is 19.1 Å². The van der Waals surface area contributed by atoms with Crippen molar-refractivity contribution in [2.45, 2.75) is 19.6 Å². The van der Waals surface area contributed by atoms with Crippen LogP contribution in [0.3, 0.4) is 0 Å². The Morgan fingerprint density at radius 1 is 1.33 bits per heavy atom. The minimum atomic E-state index is -0.420. The van der Waals surface area contributed by atoms with Crippen LogP contribution in [-0.4, -0.2) is 15.8 Å². The fourth-order valence-electron chi connectivity index (χ4n) is 1.70. The van der Waals surface area contributed by atoms with E-state index >= 15 is 0 Å². The zero-order chi connectivity index (χ0) is 10.8. The van der Waals surface area contributed by atoms with Crippen molar-refractivity contribution in [1.82, 2.24) is 4.57 Å². The van der Waals surface area contributed by atoms with Gasteiger partial charge in [0.2, 0.25) is 0 Å². The molecule has 1 aromatic heterocycles. The van der Waals surface area contributed by atoms with E-state index in [1.807, 2.05) is 22.8 Å². The van der Waals surface area contributed by atoms with Crippen molar-refractivity contribution in [2.75, 3.05) is 0 Å². The zero-order valence-electron chi connectivity index (χ0n) is 8.55. The third kappa shape index (κ3) is 1.92. The summed E-state index contributed by atoms with van der Waals surface area (Å²) in [6.45, 7) is 2.23.